The van der Waals surface area contributed by atoms with Crippen molar-refractivity contribution in [1.82, 2.24) is 5.32 Å². The van der Waals surface area contributed by atoms with E-state index in [4.69, 9.17) is 16.3 Å². The second-order valence-electron chi connectivity index (χ2n) is 6.95. The minimum absolute atomic E-state index is 0.163. The number of ether oxygens (including phenoxy) is 1. The van der Waals surface area contributed by atoms with Gasteiger partial charge in [0.15, 0.2) is 5.60 Å². The molecule has 0 aliphatic carbocycles. The van der Waals surface area contributed by atoms with Gasteiger partial charge in [-0.15, -0.1) is 0 Å². The predicted octanol–water partition coefficient (Wildman–Crippen LogP) is 2.46. The van der Waals surface area contributed by atoms with E-state index in [9.17, 15) is 4.79 Å². The lowest BCUT2D eigenvalue weighted by Gasteiger charge is -2.25. The van der Waals surface area contributed by atoms with Crippen LogP contribution in [0.5, 0.6) is 5.75 Å². The third kappa shape index (κ3) is 6.07. The molecule has 0 radical (unpaired) electrons. The van der Waals surface area contributed by atoms with E-state index in [1.165, 1.54) is 10.5 Å². The molecule has 0 heterocycles. The molecule has 2 aromatic carbocycles. The molecule has 134 valence electrons. The predicted molar refractivity (Wildman–Crippen MR) is 101 cm³/mol. The van der Waals surface area contributed by atoms with Crippen LogP contribution < -0.4 is 15.0 Å². The fourth-order valence-electron chi connectivity index (χ4n) is 2.42. The molecule has 0 saturated heterocycles. The fourth-order valence-corrected chi connectivity index (χ4v) is 2.55. The molecule has 0 bridgehead atoms. The molecule has 0 saturated carbocycles. The Balaban J connectivity index is 1.90. The Morgan fingerprint density at radius 2 is 1.60 bits per heavy atom. The van der Waals surface area contributed by atoms with Crippen LogP contribution in [0.1, 0.15) is 25.0 Å². The first-order valence-corrected chi connectivity index (χ1v) is 8.74. The van der Waals surface area contributed by atoms with E-state index in [2.05, 4.69) is 31.5 Å². The molecule has 0 fully saturated rings. The first kappa shape index (κ1) is 19.3. The van der Waals surface area contributed by atoms with Crippen LogP contribution in [0.2, 0.25) is 5.02 Å². The minimum Gasteiger partial charge on any atom is -0.478 e. The summed E-state index contributed by atoms with van der Waals surface area (Å²) in [5, 5.41) is 3.57. The number of halogens is 1. The Kier molecular flexibility index (Phi) is 6.45. The molecule has 0 spiro atoms. The van der Waals surface area contributed by atoms with Crippen LogP contribution in [-0.4, -0.2) is 25.6 Å². The van der Waals surface area contributed by atoms with Crippen LogP contribution >= 0.6 is 11.6 Å². The number of quaternary nitrogens is 1. The molecular formula is C20H26ClN2O2+. The molecule has 0 atom stereocenters. The highest BCUT2D eigenvalue weighted by Crippen LogP contribution is 2.21. The highest BCUT2D eigenvalue weighted by Gasteiger charge is 2.29. The number of amides is 1. The van der Waals surface area contributed by atoms with Crippen molar-refractivity contribution in [3.05, 3.63) is 64.7 Å². The second kappa shape index (κ2) is 8.37. The molecule has 0 aliphatic rings. The van der Waals surface area contributed by atoms with Crippen LogP contribution in [0, 0.1) is 0 Å². The summed E-state index contributed by atoms with van der Waals surface area (Å²) in [7, 11) is 4.24. The number of hydrogen-bond acceptors (Lipinski definition) is 2. The van der Waals surface area contributed by atoms with Crippen LogP contribution in [0.15, 0.2) is 48.5 Å². The summed E-state index contributed by atoms with van der Waals surface area (Å²) < 4.78 is 5.80. The van der Waals surface area contributed by atoms with E-state index in [0.29, 0.717) is 17.3 Å². The normalized spacial score (nSPS) is 11.4. The number of nitrogens with one attached hydrogen (secondary N) is 2. The summed E-state index contributed by atoms with van der Waals surface area (Å²) in [6.07, 6.45) is 0. The van der Waals surface area contributed by atoms with E-state index in [0.717, 1.165) is 12.1 Å². The van der Waals surface area contributed by atoms with Gasteiger partial charge in [-0.3, -0.25) is 4.79 Å². The van der Waals surface area contributed by atoms with Crippen LogP contribution in [-0.2, 0) is 17.9 Å². The number of benzene rings is 2. The van der Waals surface area contributed by atoms with E-state index >= 15 is 0 Å². The van der Waals surface area contributed by atoms with Gasteiger partial charge in [0.25, 0.3) is 5.91 Å². The zero-order valence-corrected chi connectivity index (χ0v) is 16.0. The van der Waals surface area contributed by atoms with E-state index < -0.39 is 5.60 Å². The van der Waals surface area contributed by atoms with Crippen molar-refractivity contribution in [3.63, 3.8) is 0 Å². The number of carbonyl (C=O) groups is 1. The van der Waals surface area contributed by atoms with Crippen molar-refractivity contribution < 1.29 is 14.4 Å². The summed E-state index contributed by atoms with van der Waals surface area (Å²) in [6.45, 7) is 4.95. The van der Waals surface area contributed by atoms with Gasteiger partial charge in [-0.2, -0.15) is 0 Å². The number of hydrogen-bond donors (Lipinski definition) is 2. The van der Waals surface area contributed by atoms with E-state index in [1.807, 2.05) is 12.1 Å². The zero-order valence-electron chi connectivity index (χ0n) is 15.2. The first-order valence-electron chi connectivity index (χ1n) is 8.36. The molecule has 0 unspecified atom stereocenters. The fraction of sp³-hybridized carbons (Fsp3) is 0.350. The largest absolute Gasteiger partial charge is 0.478 e. The summed E-state index contributed by atoms with van der Waals surface area (Å²) in [4.78, 5) is 13.8. The average molecular weight is 362 g/mol. The second-order valence-corrected chi connectivity index (χ2v) is 7.39. The summed E-state index contributed by atoms with van der Waals surface area (Å²) >= 11 is 5.87. The van der Waals surface area contributed by atoms with Crippen LogP contribution in [0.25, 0.3) is 0 Å². The molecule has 0 aliphatic heterocycles. The lowest BCUT2D eigenvalue weighted by Crippen LogP contribution is -3.04. The highest BCUT2D eigenvalue weighted by atomic mass is 35.5. The smallest absolute Gasteiger partial charge is 0.263 e. The van der Waals surface area contributed by atoms with E-state index in [-0.39, 0.29) is 5.91 Å². The molecule has 2 aromatic rings. The van der Waals surface area contributed by atoms with Crippen LogP contribution in [0.3, 0.4) is 0 Å². The third-order valence-electron chi connectivity index (χ3n) is 3.77. The van der Waals surface area contributed by atoms with Crippen LogP contribution in [0.4, 0.5) is 0 Å². The van der Waals surface area contributed by atoms with Crippen molar-refractivity contribution in [2.24, 2.45) is 0 Å². The maximum Gasteiger partial charge on any atom is 0.263 e. The maximum atomic E-state index is 12.5. The Morgan fingerprint density at radius 1 is 1.04 bits per heavy atom. The van der Waals surface area contributed by atoms with Gasteiger partial charge in [-0.05, 0) is 43.7 Å². The minimum atomic E-state index is -0.970. The van der Waals surface area contributed by atoms with Gasteiger partial charge in [0.05, 0.1) is 14.1 Å². The summed E-state index contributed by atoms with van der Waals surface area (Å²) in [5.41, 5.74) is 1.37. The van der Waals surface area contributed by atoms with Gasteiger partial charge in [0.1, 0.15) is 12.3 Å². The Labute approximate surface area is 154 Å². The topological polar surface area (TPSA) is 42.8 Å². The van der Waals surface area contributed by atoms with Gasteiger partial charge < -0.3 is 15.0 Å². The van der Waals surface area contributed by atoms with Crippen molar-refractivity contribution in [1.29, 1.82) is 0 Å². The lowest BCUT2D eigenvalue weighted by atomic mass is 10.1. The molecule has 5 heteroatoms. The first-order chi connectivity index (χ1) is 11.8. The third-order valence-corrected chi connectivity index (χ3v) is 4.02. The summed E-state index contributed by atoms with van der Waals surface area (Å²) in [6, 6.07) is 15.3. The molecule has 2 N–H and O–H groups in total. The average Bonchev–Trinajstić information content (AvgIpc) is 2.55. The van der Waals surface area contributed by atoms with E-state index in [1.54, 1.807) is 38.1 Å². The number of rotatable bonds is 7. The Bertz CT molecular complexity index is 695. The van der Waals surface area contributed by atoms with Crippen molar-refractivity contribution >= 4 is 17.5 Å². The standard InChI is InChI=1S/C20H25ClN2O2/c1-20(2,25-18-11-9-17(21)10-12-18)19(24)22-13-15-5-7-16(8-6-15)14-23(3)4/h5-12H,13-14H2,1-4H3,(H,22,24)/p+1. The SMILES string of the molecule is C[NH+](C)Cc1ccc(CNC(=O)C(C)(C)Oc2ccc(Cl)cc2)cc1. The highest BCUT2D eigenvalue weighted by molar-refractivity contribution is 6.30. The van der Waals surface area contributed by atoms with Crippen molar-refractivity contribution in [2.75, 3.05) is 14.1 Å². The van der Waals surface area contributed by atoms with Gasteiger partial charge in [0.2, 0.25) is 0 Å². The molecule has 0 aromatic heterocycles. The molecule has 2 rings (SSSR count). The quantitative estimate of drug-likeness (QED) is 0.795. The van der Waals surface area contributed by atoms with Gasteiger partial charge in [-0.25, -0.2) is 0 Å². The van der Waals surface area contributed by atoms with Crippen molar-refractivity contribution in [2.45, 2.75) is 32.5 Å². The maximum absolute atomic E-state index is 12.5. The van der Waals surface area contributed by atoms with Gasteiger partial charge >= 0.3 is 0 Å². The van der Waals surface area contributed by atoms with Gasteiger partial charge in [-0.1, -0.05) is 35.9 Å². The Morgan fingerprint density at radius 3 is 2.16 bits per heavy atom. The zero-order chi connectivity index (χ0) is 18.4. The van der Waals surface area contributed by atoms with Gasteiger partial charge in [0, 0.05) is 17.1 Å². The molecule has 1 amide bonds. The lowest BCUT2D eigenvalue weighted by molar-refractivity contribution is -0.872. The molecular weight excluding hydrogens is 336 g/mol. The summed E-state index contributed by atoms with van der Waals surface area (Å²) in [5.74, 6) is 0.448. The number of carbonyl (C=O) groups excluding carboxylic acids is 1. The van der Waals surface area contributed by atoms with Crippen molar-refractivity contribution in [3.8, 4) is 5.75 Å². The molecule has 25 heavy (non-hydrogen) atoms. The monoisotopic (exact) mass is 361 g/mol. The molecule has 4 nitrogen and oxygen atoms in total. The Hall–Kier alpha value is -2.04.